The van der Waals surface area contributed by atoms with Gasteiger partial charge in [0.15, 0.2) is 0 Å². The minimum Gasteiger partial charge on any atom is -0.355 e. The quantitative estimate of drug-likeness (QED) is 0.624. The van der Waals surface area contributed by atoms with Gasteiger partial charge in [-0.1, -0.05) is 78.9 Å². The second-order valence-corrected chi connectivity index (χ2v) is 6.94. The fourth-order valence-corrected chi connectivity index (χ4v) is 3.34. The Balaban J connectivity index is 1.60. The smallest absolute Gasteiger partial charge is 0.221 e. The lowest BCUT2D eigenvalue weighted by Gasteiger charge is -2.19. The normalized spacial score (nSPS) is 12.0. The maximum absolute atomic E-state index is 13.8. The molecule has 1 amide bonds. The predicted molar refractivity (Wildman–Crippen MR) is 110 cm³/mol. The van der Waals surface area contributed by atoms with Crippen molar-refractivity contribution in [3.8, 4) is 0 Å². The van der Waals surface area contributed by atoms with Gasteiger partial charge in [-0.3, -0.25) is 4.79 Å². The second kappa shape index (κ2) is 9.81. The molecule has 0 aliphatic carbocycles. The van der Waals surface area contributed by atoms with Crippen LogP contribution in [0.15, 0.2) is 84.9 Å². The molecular formula is C24H25FN2O. The van der Waals surface area contributed by atoms with Gasteiger partial charge in [-0.25, -0.2) is 4.39 Å². The molecule has 0 aromatic heterocycles. The fraction of sp³-hybridized carbons (Fsp3) is 0.208. The summed E-state index contributed by atoms with van der Waals surface area (Å²) < 4.78 is 13.8. The molecule has 0 saturated heterocycles. The molecule has 0 radical (unpaired) electrons. The summed E-state index contributed by atoms with van der Waals surface area (Å²) in [5.74, 6) is -0.346. The first kappa shape index (κ1) is 19.8. The number of halogens is 1. The number of carbonyl (C=O) groups is 1. The van der Waals surface area contributed by atoms with E-state index in [0.29, 0.717) is 18.5 Å². The fourth-order valence-electron chi connectivity index (χ4n) is 3.34. The van der Waals surface area contributed by atoms with E-state index in [4.69, 9.17) is 5.73 Å². The average molecular weight is 376 g/mol. The van der Waals surface area contributed by atoms with Crippen LogP contribution < -0.4 is 11.1 Å². The van der Waals surface area contributed by atoms with E-state index < -0.39 is 6.04 Å². The van der Waals surface area contributed by atoms with Gasteiger partial charge in [0.05, 0.1) is 0 Å². The van der Waals surface area contributed by atoms with Crippen LogP contribution in [0.3, 0.4) is 0 Å². The van der Waals surface area contributed by atoms with Crippen molar-refractivity contribution in [2.45, 2.75) is 24.8 Å². The number of nitrogens with one attached hydrogen (secondary N) is 1. The maximum Gasteiger partial charge on any atom is 0.221 e. The van der Waals surface area contributed by atoms with Gasteiger partial charge < -0.3 is 11.1 Å². The van der Waals surface area contributed by atoms with Gasteiger partial charge in [0.2, 0.25) is 5.91 Å². The Labute approximate surface area is 165 Å². The van der Waals surface area contributed by atoms with Crippen LogP contribution in [0.4, 0.5) is 4.39 Å². The molecule has 0 unspecified atom stereocenters. The van der Waals surface area contributed by atoms with Crippen LogP contribution in [-0.4, -0.2) is 18.5 Å². The highest BCUT2D eigenvalue weighted by Crippen LogP contribution is 2.23. The molecule has 0 bridgehead atoms. The Bertz CT molecular complexity index is 844. The van der Waals surface area contributed by atoms with Crippen LogP contribution in [0.2, 0.25) is 0 Å². The molecule has 3 aromatic carbocycles. The number of rotatable bonds is 8. The molecule has 0 aliphatic rings. The molecule has 144 valence electrons. The summed E-state index contributed by atoms with van der Waals surface area (Å²) >= 11 is 0. The Hall–Kier alpha value is -2.98. The summed E-state index contributed by atoms with van der Waals surface area (Å²) in [5.41, 5.74) is 8.90. The van der Waals surface area contributed by atoms with Gasteiger partial charge in [-0.15, -0.1) is 0 Å². The summed E-state index contributed by atoms with van der Waals surface area (Å²) in [5, 5.41) is 3.00. The molecule has 3 rings (SSSR count). The van der Waals surface area contributed by atoms with Crippen molar-refractivity contribution in [3.05, 3.63) is 107 Å². The minimum atomic E-state index is -0.427. The van der Waals surface area contributed by atoms with Crippen molar-refractivity contribution in [2.75, 3.05) is 6.54 Å². The predicted octanol–water partition coefficient (Wildman–Crippen LogP) is 4.03. The highest BCUT2D eigenvalue weighted by Gasteiger charge is 2.17. The van der Waals surface area contributed by atoms with E-state index in [1.54, 1.807) is 18.2 Å². The molecular weight excluding hydrogens is 351 g/mol. The SMILES string of the molecule is N[C@@H](CC(=O)NCC(c1ccccc1)c1ccccc1)Cc1ccccc1F. The zero-order valence-corrected chi connectivity index (χ0v) is 15.7. The van der Waals surface area contributed by atoms with Crippen LogP contribution >= 0.6 is 0 Å². The molecule has 28 heavy (non-hydrogen) atoms. The van der Waals surface area contributed by atoms with E-state index in [9.17, 15) is 9.18 Å². The van der Waals surface area contributed by atoms with Crippen molar-refractivity contribution < 1.29 is 9.18 Å². The third-order valence-corrected chi connectivity index (χ3v) is 4.79. The van der Waals surface area contributed by atoms with E-state index in [1.807, 2.05) is 36.4 Å². The first-order valence-electron chi connectivity index (χ1n) is 9.49. The summed E-state index contributed by atoms with van der Waals surface area (Å²) in [7, 11) is 0. The van der Waals surface area contributed by atoms with Crippen LogP contribution in [0.1, 0.15) is 29.0 Å². The van der Waals surface area contributed by atoms with E-state index in [1.165, 1.54) is 6.07 Å². The van der Waals surface area contributed by atoms with Crippen LogP contribution in [0.25, 0.3) is 0 Å². The first-order valence-corrected chi connectivity index (χ1v) is 9.49. The molecule has 0 fully saturated rings. The number of hydrogen-bond acceptors (Lipinski definition) is 2. The van der Waals surface area contributed by atoms with E-state index in [0.717, 1.165) is 11.1 Å². The number of carbonyl (C=O) groups excluding carboxylic acids is 1. The van der Waals surface area contributed by atoms with Gasteiger partial charge in [0, 0.05) is 24.9 Å². The topological polar surface area (TPSA) is 55.1 Å². The lowest BCUT2D eigenvalue weighted by atomic mass is 9.91. The summed E-state index contributed by atoms with van der Waals surface area (Å²) in [6.07, 6.45) is 0.492. The maximum atomic E-state index is 13.8. The van der Waals surface area contributed by atoms with E-state index in [-0.39, 0.29) is 24.1 Å². The summed E-state index contributed by atoms with van der Waals surface area (Å²) in [6.45, 7) is 0.485. The number of nitrogens with two attached hydrogens (primary N) is 1. The Kier molecular flexibility index (Phi) is 6.93. The number of hydrogen-bond donors (Lipinski definition) is 2. The van der Waals surface area contributed by atoms with Crippen LogP contribution in [0.5, 0.6) is 0 Å². The molecule has 0 heterocycles. The highest BCUT2D eigenvalue weighted by atomic mass is 19.1. The molecule has 1 atom stereocenters. The molecule has 4 heteroatoms. The lowest BCUT2D eigenvalue weighted by molar-refractivity contribution is -0.121. The summed E-state index contributed by atoms with van der Waals surface area (Å²) in [6, 6.07) is 26.3. The van der Waals surface area contributed by atoms with Crippen LogP contribution in [0, 0.1) is 5.82 Å². The van der Waals surface area contributed by atoms with Gasteiger partial charge >= 0.3 is 0 Å². The molecule has 3 aromatic rings. The van der Waals surface area contributed by atoms with Crippen LogP contribution in [-0.2, 0) is 11.2 Å². The van der Waals surface area contributed by atoms with Crippen molar-refractivity contribution >= 4 is 5.91 Å². The molecule has 3 N–H and O–H groups in total. The van der Waals surface area contributed by atoms with Crippen molar-refractivity contribution in [1.82, 2.24) is 5.32 Å². The highest BCUT2D eigenvalue weighted by molar-refractivity contribution is 5.76. The van der Waals surface area contributed by atoms with Gasteiger partial charge in [0.1, 0.15) is 5.82 Å². The third kappa shape index (κ3) is 5.51. The number of benzene rings is 3. The first-order chi connectivity index (χ1) is 13.6. The zero-order chi connectivity index (χ0) is 19.8. The number of amides is 1. The van der Waals surface area contributed by atoms with Crippen molar-refractivity contribution in [3.63, 3.8) is 0 Å². The molecule has 0 saturated carbocycles. The van der Waals surface area contributed by atoms with Crippen molar-refractivity contribution in [2.24, 2.45) is 5.73 Å². The third-order valence-electron chi connectivity index (χ3n) is 4.79. The van der Waals surface area contributed by atoms with E-state index >= 15 is 0 Å². The van der Waals surface area contributed by atoms with Crippen molar-refractivity contribution in [1.29, 1.82) is 0 Å². The van der Waals surface area contributed by atoms with Gasteiger partial charge in [-0.2, -0.15) is 0 Å². The largest absolute Gasteiger partial charge is 0.355 e. The average Bonchev–Trinajstić information content (AvgIpc) is 2.71. The van der Waals surface area contributed by atoms with E-state index in [2.05, 4.69) is 29.6 Å². The summed E-state index contributed by atoms with van der Waals surface area (Å²) in [4.78, 5) is 12.4. The Morgan fingerprint density at radius 1 is 0.857 bits per heavy atom. The Morgan fingerprint density at radius 2 is 1.39 bits per heavy atom. The molecule has 3 nitrogen and oxygen atoms in total. The molecule has 0 spiro atoms. The minimum absolute atomic E-state index is 0.0640. The second-order valence-electron chi connectivity index (χ2n) is 6.94. The lowest BCUT2D eigenvalue weighted by Crippen LogP contribution is -2.35. The monoisotopic (exact) mass is 376 g/mol. The standard InChI is InChI=1S/C24H25FN2O/c25-23-14-8-7-13-20(23)15-21(26)16-24(28)27-17-22(18-9-3-1-4-10-18)19-11-5-2-6-12-19/h1-14,21-22H,15-17,26H2,(H,27,28)/t21-/m1/s1. The van der Waals surface area contributed by atoms with Gasteiger partial charge in [-0.05, 0) is 29.2 Å². The Morgan fingerprint density at radius 3 is 1.96 bits per heavy atom. The van der Waals surface area contributed by atoms with Gasteiger partial charge in [0.25, 0.3) is 0 Å². The zero-order valence-electron chi connectivity index (χ0n) is 15.7. The molecule has 0 aliphatic heterocycles.